The standard InChI is InChI=1S/C17H19NO2/c1-2-20-17(19)14-6-3-12(4-7-14)15-8-5-13-9-10-18-16(13)11-15/h3,5,8-11,14,18H,2,4,6-7H2,1H3. The summed E-state index contributed by atoms with van der Waals surface area (Å²) in [5.41, 5.74) is 3.75. The van der Waals surface area contributed by atoms with Gasteiger partial charge in [-0.3, -0.25) is 4.79 Å². The minimum Gasteiger partial charge on any atom is -0.466 e. The highest BCUT2D eigenvalue weighted by atomic mass is 16.5. The highest BCUT2D eigenvalue weighted by Gasteiger charge is 2.23. The number of hydrogen-bond donors (Lipinski definition) is 1. The van der Waals surface area contributed by atoms with Gasteiger partial charge in [0.15, 0.2) is 0 Å². The largest absolute Gasteiger partial charge is 0.466 e. The normalized spacial score (nSPS) is 18.9. The highest BCUT2D eigenvalue weighted by molar-refractivity contribution is 5.84. The number of esters is 1. The molecule has 0 spiro atoms. The number of aromatic amines is 1. The summed E-state index contributed by atoms with van der Waals surface area (Å²) in [5.74, 6) is -0.0180. The molecule has 0 amide bonds. The summed E-state index contributed by atoms with van der Waals surface area (Å²) in [5, 5.41) is 1.23. The van der Waals surface area contributed by atoms with Crippen LogP contribution in [0.5, 0.6) is 0 Å². The maximum absolute atomic E-state index is 11.7. The highest BCUT2D eigenvalue weighted by Crippen LogP contribution is 2.32. The molecule has 0 saturated carbocycles. The second-order valence-electron chi connectivity index (χ2n) is 5.23. The van der Waals surface area contributed by atoms with Crippen molar-refractivity contribution in [1.29, 1.82) is 0 Å². The number of nitrogens with one attached hydrogen (secondary N) is 1. The van der Waals surface area contributed by atoms with E-state index >= 15 is 0 Å². The summed E-state index contributed by atoms with van der Waals surface area (Å²) in [6.45, 7) is 2.32. The second-order valence-corrected chi connectivity index (χ2v) is 5.23. The second kappa shape index (κ2) is 5.53. The number of benzene rings is 1. The van der Waals surface area contributed by atoms with Gasteiger partial charge in [0.25, 0.3) is 0 Å². The topological polar surface area (TPSA) is 42.1 Å². The molecule has 1 aromatic carbocycles. The molecule has 3 rings (SSSR count). The molecule has 3 nitrogen and oxygen atoms in total. The van der Waals surface area contributed by atoms with Crippen molar-refractivity contribution in [1.82, 2.24) is 4.98 Å². The first-order valence-electron chi connectivity index (χ1n) is 7.21. The van der Waals surface area contributed by atoms with Gasteiger partial charge in [-0.1, -0.05) is 18.2 Å². The minimum atomic E-state index is -0.0531. The van der Waals surface area contributed by atoms with Gasteiger partial charge in [-0.05, 0) is 54.8 Å². The lowest BCUT2D eigenvalue weighted by molar-refractivity contribution is -0.148. The Labute approximate surface area is 118 Å². The van der Waals surface area contributed by atoms with Crippen LogP contribution >= 0.6 is 0 Å². The van der Waals surface area contributed by atoms with Gasteiger partial charge in [0.1, 0.15) is 0 Å². The van der Waals surface area contributed by atoms with Crippen molar-refractivity contribution in [2.75, 3.05) is 6.61 Å². The molecule has 1 aliphatic carbocycles. The Hall–Kier alpha value is -2.03. The van der Waals surface area contributed by atoms with Gasteiger partial charge < -0.3 is 9.72 Å². The monoisotopic (exact) mass is 269 g/mol. The van der Waals surface area contributed by atoms with Crippen molar-refractivity contribution in [3.8, 4) is 0 Å². The SMILES string of the molecule is CCOC(=O)C1CC=C(c2ccc3cc[nH]c3c2)CC1. The lowest BCUT2D eigenvalue weighted by atomic mass is 9.86. The minimum absolute atomic E-state index is 0.0351. The van der Waals surface area contributed by atoms with Crippen LogP contribution in [-0.2, 0) is 9.53 Å². The van der Waals surface area contributed by atoms with Crippen molar-refractivity contribution in [2.45, 2.75) is 26.2 Å². The fourth-order valence-corrected chi connectivity index (χ4v) is 2.82. The Morgan fingerprint density at radius 3 is 3.05 bits per heavy atom. The number of H-pyrrole nitrogens is 1. The van der Waals surface area contributed by atoms with E-state index in [4.69, 9.17) is 4.74 Å². The summed E-state index contributed by atoms with van der Waals surface area (Å²) < 4.78 is 5.10. The van der Waals surface area contributed by atoms with Crippen LogP contribution in [0.2, 0.25) is 0 Å². The Morgan fingerprint density at radius 2 is 2.30 bits per heavy atom. The number of aromatic nitrogens is 1. The van der Waals surface area contributed by atoms with Crippen LogP contribution < -0.4 is 0 Å². The number of carbonyl (C=O) groups is 1. The molecule has 20 heavy (non-hydrogen) atoms. The molecule has 0 radical (unpaired) electrons. The van der Waals surface area contributed by atoms with Crippen molar-refractivity contribution >= 4 is 22.4 Å². The smallest absolute Gasteiger partial charge is 0.309 e. The van der Waals surface area contributed by atoms with Crippen molar-refractivity contribution < 1.29 is 9.53 Å². The fraction of sp³-hybridized carbons (Fsp3) is 0.353. The lowest BCUT2D eigenvalue weighted by Crippen LogP contribution is -2.19. The van der Waals surface area contributed by atoms with Gasteiger partial charge in [-0.25, -0.2) is 0 Å². The van der Waals surface area contributed by atoms with Crippen molar-refractivity contribution in [3.63, 3.8) is 0 Å². The van der Waals surface area contributed by atoms with E-state index in [1.807, 2.05) is 13.1 Å². The lowest BCUT2D eigenvalue weighted by Gasteiger charge is -2.20. The van der Waals surface area contributed by atoms with E-state index in [1.165, 1.54) is 16.5 Å². The van der Waals surface area contributed by atoms with Crippen molar-refractivity contribution in [2.24, 2.45) is 5.92 Å². The molecule has 0 bridgehead atoms. The number of hydrogen-bond acceptors (Lipinski definition) is 2. The number of fused-ring (bicyclic) bond motifs is 1. The molecule has 0 fully saturated rings. The predicted octanol–water partition coefficient (Wildman–Crippen LogP) is 3.91. The summed E-state index contributed by atoms with van der Waals surface area (Å²) >= 11 is 0. The Morgan fingerprint density at radius 1 is 1.40 bits per heavy atom. The maximum Gasteiger partial charge on any atom is 0.309 e. The molecule has 1 aliphatic rings. The van der Waals surface area contributed by atoms with E-state index in [0.29, 0.717) is 6.61 Å². The third-order valence-electron chi connectivity index (χ3n) is 3.96. The molecule has 3 heteroatoms. The zero-order valence-corrected chi connectivity index (χ0v) is 11.7. The van der Waals surface area contributed by atoms with Crippen LogP contribution in [-0.4, -0.2) is 17.6 Å². The Balaban J connectivity index is 1.77. The zero-order chi connectivity index (χ0) is 13.9. The van der Waals surface area contributed by atoms with Crippen LogP contribution in [0.3, 0.4) is 0 Å². The average molecular weight is 269 g/mol. The van der Waals surface area contributed by atoms with Crippen LogP contribution in [0.25, 0.3) is 16.5 Å². The molecule has 104 valence electrons. The van der Waals surface area contributed by atoms with Crippen molar-refractivity contribution in [3.05, 3.63) is 42.1 Å². The molecule has 2 aromatic rings. The van der Waals surface area contributed by atoms with E-state index in [0.717, 1.165) is 24.8 Å². The van der Waals surface area contributed by atoms with E-state index in [2.05, 4.69) is 35.3 Å². The quantitative estimate of drug-likeness (QED) is 0.858. The van der Waals surface area contributed by atoms with E-state index in [1.54, 1.807) is 0 Å². The van der Waals surface area contributed by atoms with E-state index < -0.39 is 0 Å². The first-order chi connectivity index (χ1) is 9.78. The van der Waals surface area contributed by atoms with Gasteiger partial charge in [-0.2, -0.15) is 0 Å². The molecular formula is C17H19NO2. The number of rotatable bonds is 3. The first kappa shape index (κ1) is 13.0. The molecule has 1 aromatic heterocycles. The maximum atomic E-state index is 11.7. The van der Waals surface area contributed by atoms with Gasteiger partial charge >= 0.3 is 5.97 Å². The molecule has 1 unspecified atom stereocenters. The summed E-state index contributed by atoms with van der Waals surface area (Å²) in [4.78, 5) is 15.0. The van der Waals surface area contributed by atoms with Gasteiger partial charge in [-0.15, -0.1) is 0 Å². The average Bonchev–Trinajstić information content (AvgIpc) is 2.95. The molecule has 0 aliphatic heterocycles. The number of carbonyl (C=O) groups excluding carboxylic acids is 1. The van der Waals surface area contributed by atoms with E-state index in [9.17, 15) is 4.79 Å². The summed E-state index contributed by atoms with van der Waals surface area (Å²) in [7, 11) is 0. The third kappa shape index (κ3) is 2.48. The van der Waals surface area contributed by atoms with Crippen LogP contribution in [0.1, 0.15) is 31.7 Å². The number of allylic oxidation sites excluding steroid dienone is 2. The summed E-state index contributed by atoms with van der Waals surface area (Å²) in [6, 6.07) is 8.56. The molecule has 1 heterocycles. The van der Waals surface area contributed by atoms with Crippen LogP contribution in [0, 0.1) is 5.92 Å². The van der Waals surface area contributed by atoms with Crippen LogP contribution in [0.15, 0.2) is 36.5 Å². The van der Waals surface area contributed by atoms with Crippen LogP contribution in [0.4, 0.5) is 0 Å². The molecule has 1 atom stereocenters. The van der Waals surface area contributed by atoms with E-state index in [-0.39, 0.29) is 11.9 Å². The Bertz CT molecular complexity index is 654. The van der Waals surface area contributed by atoms with Gasteiger partial charge in [0.2, 0.25) is 0 Å². The van der Waals surface area contributed by atoms with Gasteiger partial charge in [0.05, 0.1) is 12.5 Å². The molecular weight excluding hydrogens is 250 g/mol. The molecule has 0 saturated heterocycles. The first-order valence-corrected chi connectivity index (χ1v) is 7.21. The molecule has 1 N–H and O–H groups in total. The predicted molar refractivity (Wildman–Crippen MR) is 80.2 cm³/mol. The Kier molecular flexibility index (Phi) is 3.59. The van der Waals surface area contributed by atoms with Gasteiger partial charge in [0, 0.05) is 11.7 Å². The summed E-state index contributed by atoms with van der Waals surface area (Å²) in [6.07, 6.45) is 6.76. The third-order valence-corrected chi connectivity index (χ3v) is 3.96. The zero-order valence-electron chi connectivity index (χ0n) is 11.7. The fourth-order valence-electron chi connectivity index (χ4n) is 2.82. The number of ether oxygens (including phenoxy) is 1.